The maximum absolute atomic E-state index is 13.0. The molecule has 33 heavy (non-hydrogen) atoms. The van der Waals surface area contributed by atoms with Crippen LogP contribution in [0.1, 0.15) is 16.2 Å². The molecule has 0 atom stereocenters. The van der Waals surface area contributed by atoms with Crippen LogP contribution < -0.4 is 15.8 Å². The lowest BCUT2D eigenvalue weighted by atomic mass is 10.1. The summed E-state index contributed by atoms with van der Waals surface area (Å²) >= 11 is 0. The summed E-state index contributed by atoms with van der Waals surface area (Å²) in [5.41, 5.74) is 2.29. The summed E-state index contributed by atoms with van der Waals surface area (Å²) in [5.74, 6) is 1.20. The van der Waals surface area contributed by atoms with Crippen LogP contribution in [0.25, 0.3) is 16.6 Å². The van der Waals surface area contributed by atoms with E-state index in [1.54, 1.807) is 48.0 Å². The molecule has 4 aromatic rings. The van der Waals surface area contributed by atoms with Crippen LogP contribution in [-0.2, 0) is 4.74 Å². The minimum absolute atomic E-state index is 0.137. The summed E-state index contributed by atoms with van der Waals surface area (Å²) in [7, 11) is 0. The van der Waals surface area contributed by atoms with Crippen molar-refractivity contribution in [3.63, 3.8) is 0 Å². The van der Waals surface area contributed by atoms with Gasteiger partial charge in [-0.15, -0.1) is 0 Å². The summed E-state index contributed by atoms with van der Waals surface area (Å²) in [4.78, 5) is 36.8. The number of amides is 1. The molecule has 5 rings (SSSR count). The fourth-order valence-electron chi connectivity index (χ4n) is 3.95. The maximum atomic E-state index is 13.0. The van der Waals surface area contributed by atoms with Crippen LogP contribution in [0.4, 0.5) is 11.5 Å². The van der Waals surface area contributed by atoms with Gasteiger partial charge in [-0.05, 0) is 55.5 Å². The Balaban J connectivity index is 1.33. The van der Waals surface area contributed by atoms with Gasteiger partial charge in [0, 0.05) is 18.7 Å². The van der Waals surface area contributed by atoms with Crippen LogP contribution in [0.2, 0.25) is 0 Å². The van der Waals surface area contributed by atoms with Crippen LogP contribution in [0.15, 0.2) is 71.7 Å². The number of anilines is 2. The number of carbonyl (C=O) groups excluding carboxylic acids is 1. The molecule has 0 unspecified atom stereocenters. The number of nitrogens with zero attached hydrogens (tertiary/aromatic N) is 4. The number of benzene rings is 2. The second kappa shape index (κ2) is 8.84. The quantitative estimate of drug-likeness (QED) is 0.523. The number of carbonyl (C=O) groups is 1. The number of hydrogen-bond donors (Lipinski definition) is 1. The van der Waals surface area contributed by atoms with Crippen molar-refractivity contribution in [3.05, 3.63) is 88.6 Å². The maximum Gasteiger partial charge on any atom is 0.265 e. The van der Waals surface area contributed by atoms with Gasteiger partial charge in [0.1, 0.15) is 11.6 Å². The average Bonchev–Trinajstić information content (AvgIpc) is 2.85. The van der Waals surface area contributed by atoms with Gasteiger partial charge in [0.2, 0.25) is 0 Å². The lowest BCUT2D eigenvalue weighted by molar-refractivity contribution is 0.102. The number of rotatable bonds is 4. The van der Waals surface area contributed by atoms with Gasteiger partial charge >= 0.3 is 0 Å². The predicted molar refractivity (Wildman–Crippen MR) is 127 cm³/mol. The molecule has 0 radical (unpaired) electrons. The number of aryl methyl sites for hydroxylation is 1. The van der Waals surface area contributed by atoms with E-state index >= 15 is 0 Å². The lowest BCUT2D eigenvalue weighted by Gasteiger charge is -2.27. The third-order valence-corrected chi connectivity index (χ3v) is 5.67. The normalized spacial score (nSPS) is 13.8. The van der Waals surface area contributed by atoms with Gasteiger partial charge in [-0.3, -0.25) is 14.2 Å². The average molecular weight is 441 g/mol. The van der Waals surface area contributed by atoms with Crippen LogP contribution in [-0.4, -0.2) is 46.7 Å². The summed E-state index contributed by atoms with van der Waals surface area (Å²) < 4.78 is 6.92. The van der Waals surface area contributed by atoms with E-state index < -0.39 is 0 Å². The molecule has 8 nitrogen and oxygen atoms in total. The molecule has 8 heteroatoms. The van der Waals surface area contributed by atoms with E-state index in [0.717, 1.165) is 18.9 Å². The molecule has 0 bridgehead atoms. The molecule has 0 spiro atoms. The molecular formula is C25H23N5O3. The fourth-order valence-corrected chi connectivity index (χ4v) is 3.95. The summed E-state index contributed by atoms with van der Waals surface area (Å²) in [5, 5.41) is 3.42. The minimum atomic E-state index is -0.247. The van der Waals surface area contributed by atoms with Crippen molar-refractivity contribution in [1.82, 2.24) is 14.5 Å². The highest BCUT2D eigenvalue weighted by atomic mass is 16.5. The third-order valence-electron chi connectivity index (χ3n) is 5.67. The number of para-hydroxylation sites is 1. The van der Waals surface area contributed by atoms with E-state index in [1.165, 1.54) is 0 Å². The van der Waals surface area contributed by atoms with Crippen molar-refractivity contribution in [2.75, 3.05) is 36.5 Å². The molecule has 1 N–H and O–H groups in total. The Morgan fingerprint density at radius 3 is 2.48 bits per heavy atom. The number of pyridine rings is 1. The summed E-state index contributed by atoms with van der Waals surface area (Å²) in [6.07, 6.45) is 1.65. The van der Waals surface area contributed by atoms with Crippen molar-refractivity contribution in [2.45, 2.75) is 6.92 Å². The summed E-state index contributed by atoms with van der Waals surface area (Å²) in [6, 6.07) is 17.9. The molecule has 166 valence electrons. The highest BCUT2D eigenvalue weighted by Crippen LogP contribution is 2.17. The molecule has 1 aliphatic rings. The highest BCUT2D eigenvalue weighted by molar-refractivity contribution is 6.04. The molecule has 0 aliphatic carbocycles. The number of aromatic nitrogens is 3. The highest BCUT2D eigenvalue weighted by Gasteiger charge is 2.14. The second-order valence-electron chi connectivity index (χ2n) is 7.82. The first-order valence-corrected chi connectivity index (χ1v) is 10.8. The van der Waals surface area contributed by atoms with E-state index in [9.17, 15) is 9.59 Å². The van der Waals surface area contributed by atoms with Gasteiger partial charge in [0.25, 0.3) is 11.5 Å². The molecule has 3 heterocycles. The molecule has 2 aromatic carbocycles. The van der Waals surface area contributed by atoms with Crippen LogP contribution in [0.5, 0.6) is 0 Å². The predicted octanol–water partition coefficient (Wildman–Crippen LogP) is 3.18. The SMILES string of the molecule is Cc1nc2ccccc2c(=O)n1-c1ccc(C(=O)Nc2ccc(N3CCOCC3)nc2)cc1. The molecule has 1 amide bonds. The first kappa shape index (κ1) is 20.8. The Morgan fingerprint density at radius 2 is 1.76 bits per heavy atom. The summed E-state index contributed by atoms with van der Waals surface area (Å²) in [6.45, 7) is 4.79. The monoisotopic (exact) mass is 441 g/mol. The minimum Gasteiger partial charge on any atom is -0.378 e. The number of nitrogens with one attached hydrogen (secondary N) is 1. The zero-order valence-electron chi connectivity index (χ0n) is 18.2. The first-order chi connectivity index (χ1) is 16.1. The number of hydrogen-bond acceptors (Lipinski definition) is 6. The van der Waals surface area contributed by atoms with Crippen molar-refractivity contribution in [2.24, 2.45) is 0 Å². The molecule has 1 fully saturated rings. The smallest absolute Gasteiger partial charge is 0.265 e. The van der Waals surface area contributed by atoms with Crippen molar-refractivity contribution in [3.8, 4) is 5.69 Å². The first-order valence-electron chi connectivity index (χ1n) is 10.8. The van der Waals surface area contributed by atoms with Crippen molar-refractivity contribution < 1.29 is 9.53 Å². The van der Waals surface area contributed by atoms with Crippen LogP contribution in [0.3, 0.4) is 0 Å². The van der Waals surface area contributed by atoms with E-state index in [4.69, 9.17) is 4.74 Å². The largest absolute Gasteiger partial charge is 0.378 e. The number of morpholine rings is 1. The standard InChI is InChI=1S/C25H23N5O3/c1-17-27-22-5-3-2-4-21(22)25(32)30(17)20-9-6-18(7-10-20)24(31)28-19-8-11-23(26-16-19)29-12-14-33-15-13-29/h2-11,16H,12-15H2,1H3,(H,28,31). The number of ether oxygens (including phenoxy) is 1. The Morgan fingerprint density at radius 1 is 1.00 bits per heavy atom. The van der Waals surface area contributed by atoms with Gasteiger partial charge in [-0.25, -0.2) is 9.97 Å². The van der Waals surface area contributed by atoms with Gasteiger partial charge in [0.05, 0.1) is 41.7 Å². The van der Waals surface area contributed by atoms with E-state index in [0.29, 0.717) is 46.9 Å². The molecule has 2 aromatic heterocycles. The van der Waals surface area contributed by atoms with Gasteiger partial charge in [-0.1, -0.05) is 12.1 Å². The van der Waals surface area contributed by atoms with E-state index in [-0.39, 0.29) is 11.5 Å². The Bertz CT molecular complexity index is 1360. The Kier molecular flexibility index (Phi) is 5.58. The molecule has 1 aliphatic heterocycles. The Hall–Kier alpha value is -4.04. The van der Waals surface area contributed by atoms with Gasteiger partial charge in [0.15, 0.2) is 0 Å². The van der Waals surface area contributed by atoms with Crippen LogP contribution >= 0.6 is 0 Å². The third kappa shape index (κ3) is 4.20. The molecule has 0 saturated carbocycles. The zero-order valence-corrected chi connectivity index (χ0v) is 18.2. The molecular weight excluding hydrogens is 418 g/mol. The molecule has 1 saturated heterocycles. The fraction of sp³-hybridized carbons (Fsp3) is 0.200. The lowest BCUT2D eigenvalue weighted by Crippen LogP contribution is -2.36. The Labute approximate surface area is 190 Å². The van der Waals surface area contributed by atoms with E-state index in [1.807, 2.05) is 30.3 Å². The van der Waals surface area contributed by atoms with E-state index in [2.05, 4.69) is 20.2 Å². The van der Waals surface area contributed by atoms with Crippen LogP contribution in [0, 0.1) is 6.92 Å². The number of fused-ring (bicyclic) bond motifs is 1. The zero-order chi connectivity index (χ0) is 22.8. The van der Waals surface area contributed by atoms with Gasteiger partial charge in [-0.2, -0.15) is 0 Å². The van der Waals surface area contributed by atoms with Crippen molar-refractivity contribution in [1.29, 1.82) is 0 Å². The van der Waals surface area contributed by atoms with Gasteiger partial charge < -0.3 is 15.0 Å². The topological polar surface area (TPSA) is 89.4 Å². The second-order valence-corrected chi connectivity index (χ2v) is 7.82. The van der Waals surface area contributed by atoms with Crippen molar-refractivity contribution >= 4 is 28.3 Å².